The summed E-state index contributed by atoms with van der Waals surface area (Å²) in [5.41, 5.74) is 2.11. The summed E-state index contributed by atoms with van der Waals surface area (Å²) in [5, 5.41) is 7.32. The molecular weight excluding hydrogens is 283 g/mol. The fourth-order valence-electron chi connectivity index (χ4n) is 3.07. The molecule has 1 aliphatic heterocycles. The van der Waals surface area contributed by atoms with Crippen molar-refractivity contribution in [2.75, 3.05) is 13.1 Å². The Morgan fingerprint density at radius 1 is 1.50 bits per heavy atom. The molecule has 0 spiro atoms. The van der Waals surface area contributed by atoms with Gasteiger partial charge >= 0.3 is 0 Å². The molecule has 2 aromatic heterocycles. The minimum atomic E-state index is -0.757. The lowest BCUT2D eigenvalue weighted by Gasteiger charge is -2.23. The summed E-state index contributed by atoms with van der Waals surface area (Å²) >= 11 is 0. The van der Waals surface area contributed by atoms with Crippen molar-refractivity contribution in [3.05, 3.63) is 41.5 Å². The number of halogens is 1. The largest absolute Gasteiger partial charge is 0.360 e. The van der Waals surface area contributed by atoms with Gasteiger partial charge < -0.3 is 14.4 Å². The summed E-state index contributed by atoms with van der Waals surface area (Å²) in [5.74, 6) is 0.805. The molecule has 1 aliphatic rings. The number of likely N-dealkylation sites (tertiary alicyclic amines) is 1. The number of rotatable bonds is 6. The van der Waals surface area contributed by atoms with Gasteiger partial charge in [-0.05, 0) is 25.0 Å². The van der Waals surface area contributed by atoms with Gasteiger partial charge in [0.05, 0.1) is 12.2 Å². The van der Waals surface area contributed by atoms with E-state index in [1.165, 1.54) is 5.56 Å². The van der Waals surface area contributed by atoms with E-state index >= 15 is 0 Å². The third-order valence-corrected chi connectivity index (χ3v) is 4.11. The highest BCUT2D eigenvalue weighted by molar-refractivity contribution is 5.09. The van der Waals surface area contributed by atoms with Gasteiger partial charge in [-0.1, -0.05) is 5.16 Å². The summed E-state index contributed by atoms with van der Waals surface area (Å²) < 4.78 is 21.0. The van der Waals surface area contributed by atoms with E-state index in [0.29, 0.717) is 19.5 Å². The van der Waals surface area contributed by atoms with Crippen LogP contribution in [0.25, 0.3) is 0 Å². The topological polar surface area (TPSA) is 46.2 Å². The lowest BCUT2D eigenvalue weighted by molar-refractivity contribution is 0.204. The Balaban J connectivity index is 1.52. The minimum absolute atomic E-state index is 0.198. The zero-order chi connectivity index (χ0) is 15.5. The molecule has 2 aromatic rings. The van der Waals surface area contributed by atoms with E-state index in [0.717, 1.165) is 24.5 Å². The average Bonchev–Trinajstić information content (AvgIpc) is 3.14. The van der Waals surface area contributed by atoms with Crippen molar-refractivity contribution < 1.29 is 8.91 Å². The molecule has 0 amide bonds. The van der Waals surface area contributed by atoms with Crippen LogP contribution in [0, 0.1) is 6.92 Å². The highest BCUT2D eigenvalue weighted by Gasteiger charge is 2.32. The van der Waals surface area contributed by atoms with Gasteiger partial charge in [-0.15, -0.1) is 0 Å². The first kappa shape index (κ1) is 15.2. The maximum atomic E-state index is 13.8. The maximum absolute atomic E-state index is 13.8. The molecule has 0 aromatic carbocycles. The van der Waals surface area contributed by atoms with Gasteiger partial charge in [0.2, 0.25) is 0 Å². The van der Waals surface area contributed by atoms with Crippen LogP contribution in [0.1, 0.15) is 23.4 Å². The van der Waals surface area contributed by atoms with Gasteiger partial charge in [0.1, 0.15) is 6.17 Å². The predicted molar refractivity (Wildman–Crippen MR) is 82.1 cm³/mol. The zero-order valence-electron chi connectivity index (χ0n) is 13.1. The van der Waals surface area contributed by atoms with Crippen molar-refractivity contribution in [3.63, 3.8) is 0 Å². The minimum Gasteiger partial charge on any atom is -0.360 e. The number of hydrogen-bond donors (Lipinski definition) is 1. The molecule has 0 bridgehead atoms. The van der Waals surface area contributed by atoms with Crippen LogP contribution in [0.5, 0.6) is 0 Å². The van der Waals surface area contributed by atoms with Crippen LogP contribution < -0.4 is 5.32 Å². The van der Waals surface area contributed by atoms with E-state index in [1.54, 1.807) is 0 Å². The standard InChI is InChI=1S/C16H23FN4O/c1-12-5-16(22-19-12)11-21-10-14(17)6-15(21)8-18-7-13-3-4-20(2)9-13/h3-5,9,14-15,18H,6-8,10-11H2,1-2H3/t14-,15-/m0/s1. The summed E-state index contributed by atoms with van der Waals surface area (Å²) in [7, 11) is 2.01. The van der Waals surface area contributed by atoms with E-state index in [-0.39, 0.29) is 6.04 Å². The Morgan fingerprint density at radius 3 is 3.05 bits per heavy atom. The molecule has 3 rings (SSSR count). The molecule has 1 saturated heterocycles. The number of nitrogens with one attached hydrogen (secondary N) is 1. The number of nitrogens with zero attached hydrogens (tertiary/aromatic N) is 3. The van der Waals surface area contributed by atoms with Gasteiger partial charge in [0.15, 0.2) is 5.76 Å². The molecule has 120 valence electrons. The molecular formula is C16H23FN4O. The van der Waals surface area contributed by atoms with Crippen LogP contribution >= 0.6 is 0 Å². The number of hydrogen-bond acceptors (Lipinski definition) is 4. The molecule has 0 saturated carbocycles. The van der Waals surface area contributed by atoms with Crippen LogP contribution in [-0.2, 0) is 20.1 Å². The van der Waals surface area contributed by atoms with Gasteiger partial charge in [0.25, 0.3) is 0 Å². The fourth-order valence-corrected chi connectivity index (χ4v) is 3.07. The SMILES string of the molecule is Cc1cc(CN2C[C@@H](F)C[C@H]2CNCc2ccn(C)c2)on1. The van der Waals surface area contributed by atoms with Gasteiger partial charge in [-0.3, -0.25) is 4.90 Å². The highest BCUT2D eigenvalue weighted by atomic mass is 19.1. The Kier molecular flexibility index (Phi) is 4.59. The molecule has 3 heterocycles. The highest BCUT2D eigenvalue weighted by Crippen LogP contribution is 2.22. The van der Waals surface area contributed by atoms with Crippen molar-refractivity contribution in [1.29, 1.82) is 0 Å². The van der Waals surface area contributed by atoms with Gasteiger partial charge in [-0.2, -0.15) is 0 Å². The number of aryl methyl sites for hydroxylation is 2. The lowest BCUT2D eigenvalue weighted by Crippen LogP contribution is -2.37. The first-order valence-corrected chi connectivity index (χ1v) is 7.72. The molecule has 22 heavy (non-hydrogen) atoms. The third-order valence-electron chi connectivity index (χ3n) is 4.11. The monoisotopic (exact) mass is 306 g/mol. The molecule has 6 heteroatoms. The molecule has 0 unspecified atom stereocenters. The van der Waals surface area contributed by atoms with Crippen LogP contribution in [0.4, 0.5) is 4.39 Å². The lowest BCUT2D eigenvalue weighted by atomic mass is 10.2. The van der Waals surface area contributed by atoms with Crippen LogP contribution in [0.15, 0.2) is 29.0 Å². The fraction of sp³-hybridized carbons (Fsp3) is 0.562. The van der Waals surface area contributed by atoms with Crippen LogP contribution in [0.3, 0.4) is 0 Å². The van der Waals surface area contributed by atoms with E-state index in [1.807, 2.05) is 30.8 Å². The smallest absolute Gasteiger partial charge is 0.150 e. The maximum Gasteiger partial charge on any atom is 0.150 e. The quantitative estimate of drug-likeness (QED) is 0.887. The van der Waals surface area contributed by atoms with Crippen molar-refractivity contribution in [1.82, 2.24) is 19.9 Å². The van der Waals surface area contributed by atoms with Gasteiger partial charge in [-0.25, -0.2) is 4.39 Å². The first-order chi connectivity index (χ1) is 10.6. The normalized spacial score (nSPS) is 22.5. The average molecular weight is 306 g/mol. The second kappa shape index (κ2) is 6.62. The zero-order valence-corrected chi connectivity index (χ0v) is 13.1. The molecule has 1 fully saturated rings. The molecule has 0 radical (unpaired) electrons. The third kappa shape index (κ3) is 3.75. The summed E-state index contributed by atoms with van der Waals surface area (Å²) in [6.45, 7) is 4.58. The Labute approximate surface area is 130 Å². The second-order valence-electron chi connectivity index (χ2n) is 6.17. The van der Waals surface area contributed by atoms with E-state index in [4.69, 9.17) is 4.52 Å². The first-order valence-electron chi connectivity index (χ1n) is 7.72. The van der Waals surface area contributed by atoms with Crippen molar-refractivity contribution in [2.45, 2.75) is 38.6 Å². The van der Waals surface area contributed by atoms with E-state index in [2.05, 4.69) is 27.6 Å². The number of aromatic nitrogens is 2. The number of alkyl halides is 1. The van der Waals surface area contributed by atoms with E-state index < -0.39 is 6.17 Å². The van der Waals surface area contributed by atoms with Gasteiger partial charge in [0, 0.05) is 51.2 Å². The molecule has 5 nitrogen and oxygen atoms in total. The molecule has 2 atom stereocenters. The Bertz CT molecular complexity index is 609. The second-order valence-corrected chi connectivity index (χ2v) is 6.17. The summed E-state index contributed by atoms with van der Waals surface area (Å²) in [4.78, 5) is 2.14. The molecule has 1 N–H and O–H groups in total. The van der Waals surface area contributed by atoms with Crippen molar-refractivity contribution in [2.24, 2.45) is 7.05 Å². The van der Waals surface area contributed by atoms with E-state index in [9.17, 15) is 4.39 Å². The summed E-state index contributed by atoms with van der Waals surface area (Å²) in [6, 6.07) is 4.21. The molecule has 0 aliphatic carbocycles. The summed E-state index contributed by atoms with van der Waals surface area (Å²) in [6.07, 6.45) is 3.94. The Hall–Kier alpha value is -1.66. The Morgan fingerprint density at radius 2 is 2.36 bits per heavy atom. The predicted octanol–water partition coefficient (Wildman–Crippen LogP) is 2.02. The van der Waals surface area contributed by atoms with Crippen molar-refractivity contribution >= 4 is 0 Å². The van der Waals surface area contributed by atoms with Crippen molar-refractivity contribution in [3.8, 4) is 0 Å². The van der Waals surface area contributed by atoms with Crippen LogP contribution in [0.2, 0.25) is 0 Å². The van der Waals surface area contributed by atoms with Crippen LogP contribution in [-0.4, -0.2) is 39.9 Å².